The largest absolute Gasteiger partial charge is 0.393 e. The molecule has 3 N–H and O–H groups in total. The zero-order valence-electron chi connectivity index (χ0n) is 10.3. The molecule has 1 unspecified atom stereocenters. The zero-order valence-corrected chi connectivity index (χ0v) is 10.3. The molecule has 1 aliphatic heterocycles. The monoisotopic (exact) mass is 228 g/mol. The van der Waals surface area contributed by atoms with E-state index in [0.29, 0.717) is 13.0 Å². The molecule has 94 valence electrons. The summed E-state index contributed by atoms with van der Waals surface area (Å²) in [7, 11) is 0. The van der Waals surface area contributed by atoms with Crippen LogP contribution < -0.4 is 10.6 Å². The number of hydrogen-bond acceptors (Lipinski definition) is 3. The van der Waals surface area contributed by atoms with Crippen molar-refractivity contribution in [3.63, 3.8) is 0 Å². The first-order valence-electron chi connectivity index (χ1n) is 6.30. The lowest BCUT2D eigenvalue weighted by molar-refractivity contribution is -0.123. The number of nitrogens with one attached hydrogen (secondary N) is 2. The molecule has 1 aliphatic rings. The predicted molar refractivity (Wildman–Crippen MR) is 64.1 cm³/mol. The van der Waals surface area contributed by atoms with E-state index < -0.39 is 0 Å². The van der Waals surface area contributed by atoms with Crippen LogP contribution in [0.2, 0.25) is 0 Å². The van der Waals surface area contributed by atoms with E-state index in [2.05, 4.69) is 10.6 Å². The molecule has 4 nitrogen and oxygen atoms in total. The van der Waals surface area contributed by atoms with Crippen molar-refractivity contribution in [3.8, 4) is 0 Å². The van der Waals surface area contributed by atoms with E-state index in [1.807, 2.05) is 13.8 Å². The Balaban J connectivity index is 2.14. The summed E-state index contributed by atoms with van der Waals surface area (Å²) in [5.74, 6) is 0.334. The second kappa shape index (κ2) is 6.86. The highest BCUT2D eigenvalue weighted by atomic mass is 16.3. The van der Waals surface area contributed by atoms with Gasteiger partial charge < -0.3 is 15.7 Å². The number of piperidine rings is 1. The second-order valence-corrected chi connectivity index (χ2v) is 4.89. The highest BCUT2D eigenvalue weighted by Gasteiger charge is 2.20. The van der Waals surface area contributed by atoms with Crippen LogP contribution in [0.3, 0.4) is 0 Å². The summed E-state index contributed by atoms with van der Waals surface area (Å²) in [6.07, 6.45) is 3.53. The van der Waals surface area contributed by atoms with E-state index in [-0.39, 0.29) is 24.0 Å². The molecule has 0 aromatic rings. The number of aliphatic hydroxyl groups excluding tert-OH is 1. The maximum absolute atomic E-state index is 11.7. The Hall–Kier alpha value is -0.610. The van der Waals surface area contributed by atoms with Crippen LogP contribution in [0.1, 0.15) is 39.5 Å². The average molecular weight is 228 g/mol. The van der Waals surface area contributed by atoms with Gasteiger partial charge in [0.2, 0.25) is 5.91 Å². The van der Waals surface area contributed by atoms with Crippen LogP contribution in [0, 0.1) is 5.92 Å². The summed E-state index contributed by atoms with van der Waals surface area (Å²) in [5.41, 5.74) is 0. The molecule has 0 aliphatic carbocycles. The molecule has 0 spiro atoms. The first-order chi connectivity index (χ1) is 7.61. The Morgan fingerprint density at radius 2 is 2.25 bits per heavy atom. The summed E-state index contributed by atoms with van der Waals surface area (Å²) >= 11 is 0. The zero-order chi connectivity index (χ0) is 12.0. The van der Waals surface area contributed by atoms with Crippen molar-refractivity contribution >= 4 is 5.91 Å². The summed E-state index contributed by atoms with van der Waals surface area (Å²) in [6, 6.07) is -0.0232. The molecule has 1 fully saturated rings. The summed E-state index contributed by atoms with van der Waals surface area (Å²) < 4.78 is 0. The van der Waals surface area contributed by atoms with Gasteiger partial charge in [-0.05, 0) is 31.7 Å². The number of amides is 1. The summed E-state index contributed by atoms with van der Waals surface area (Å²) in [4.78, 5) is 11.7. The number of carbonyl (C=O) groups is 1. The van der Waals surface area contributed by atoms with Crippen LogP contribution in [0.15, 0.2) is 0 Å². The fourth-order valence-electron chi connectivity index (χ4n) is 1.88. The van der Waals surface area contributed by atoms with Crippen LogP contribution in [-0.4, -0.2) is 36.2 Å². The highest BCUT2D eigenvalue weighted by molar-refractivity contribution is 5.81. The van der Waals surface area contributed by atoms with E-state index in [1.165, 1.54) is 0 Å². The van der Waals surface area contributed by atoms with Gasteiger partial charge in [0.15, 0.2) is 0 Å². The molecule has 2 atom stereocenters. The average Bonchev–Trinajstić information content (AvgIpc) is 2.29. The first kappa shape index (κ1) is 13.5. The quantitative estimate of drug-likeness (QED) is 0.647. The SMILES string of the molecule is CC(C)C(O)CCNC(=O)[C@H]1CCCCN1. The van der Waals surface area contributed by atoms with Crippen LogP contribution in [-0.2, 0) is 4.79 Å². The topological polar surface area (TPSA) is 61.4 Å². The Labute approximate surface area is 97.8 Å². The van der Waals surface area contributed by atoms with E-state index in [4.69, 9.17) is 0 Å². The van der Waals surface area contributed by atoms with Gasteiger partial charge in [0.1, 0.15) is 0 Å². The molecule has 0 bridgehead atoms. The minimum atomic E-state index is -0.320. The van der Waals surface area contributed by atoms with E-state index in [1.54, 1.807) is 0 Å². The Morgan fingerprint density at radius 3 is 2.81 bits per heavy atom. The molecule has 0 radical (unpaired) electrons. The molecule has 1 rings (SSSR count). The van der Waals surface area contributed by atoms with Gasteiger partial charge in [-0.2, -0.15) is 0 Å². The van der Waals surface area contributed by atoms with Crippen molar-refractivity contribution in [2.45, 2.75) is 51.7 Å². The van der Waals surface area contributed by atoms with Crippen LogP contribution in [0.4, 0.5) is 0 Å². The smallest absolute Gasteiger partial charge is 0.237 e. The van der Waals surface area contributed by atoms with Gasteiger partial charge in [-0.25, -0.2) is 0 Å². The third-order valence-electron chi connectivity index (χ3n) is 3.14. The highest BCUT2D eigenvalue weighted by Crippen LogP contribution is 2.07. The standard InChI is InChI=1S/C12H24N2O2/c1-9(2)11(15)6-8-14-12(16)10-5-3-4-7-13-10/h9-11,13,15H,3-8H2,1-2H3,(H,14,16)/t10-,11?/m1/s1. The molecular weight excluding hydrogens is 204 g/mol. The van der Waals surface area contributed by atoms with Crippen molar-refractivity contribution in [3.05, 3.63) is 0 Å². The molecule has 0 aromatic carbocycles. The van der Waals surface area contributed by atoms with Gasteiger partial charge >= 0.3 is 0 Å². The molecule has 1 amide bonds. The van der Waals surface area contributed by atoms with Gasteiger partial charge in [0.25, 0.3) is 0 Å². The van der Waals surface area contributed by atoms with Crippen LogP contribution >= 0.6 is 0 Å². The fraction of sp³-hybridized carbons (Fsp3) is 0.917. The van der Waals surface area contributed by atoms with Gasteiger partial charge in [-0.1, -0.05) is 20.3 Å². The Kier molecular flexibility index (Phi) is 5.77. The Bertz CT molecular complexity index is 213. The minimum Gasteiger partial charge on any atom is -0.393 e. The number of carbonyl (C=O) groups excluding carboxylic acids is 1. The van der Waals surface area contributed by atoms with E-state index in [0.717, 1.165) is 25.8 Å². The van der Waals surface area contributed by atoms with Crippen molar-refractivity contribution < 1.29 is 9.90 Å². The third-order valence-corrected chi connectivity index (χ3v) is 3.14. The lowest BCUT2D eigenvalue weighted by Crippen LogP contribution is -2.47. The van der Waals surface area contributed by atoms with Crippen molar-refractivity contribution in [1.82, 2.24) is 10.6 Å². The van der Waals surface area contributed by atoms with Gasteiger partial charge in [0, 0.05) is 6.54 Å². The van der Waals surface area contributed by atoms with Crippen molar-refractivity contribution in [1.29, 1.82) is 0 Å². The van der Waals surface area contributed by atoms with Gasteiger partial charge in [-0.3, -0.25) is 4.79 Å². The number of hydrogen-bond donors (Lipinski definition) is 3. The second-order valence-electron chi connectivity index (χ2n) is 4.89. The molecule has 1 heterocycles. The van der Waals surface area contributed by atoms with E-state index >= 15 is 0 Å². The van der Waals surface area contributed by atoms with Crippen molar-refractivity contribution in [2.24, 2.45) is 5.92 Å². The summed E-state index contributed by atoms with van der Waals surface area (Å²) in [5, 5.41) is 15.7. The molecule has 16 heavy (non-hydrogen) atoms. The molecule has 0 saturated carbocycles. The van der Waals surface area contributed by atoms with Gasteiger partial charge in [0.05, 0.1) is 12.1 Å². The molecule has 1 saturated heterocycles. The van der Waals surface area contributed by atoms with Gasteiger partial charge in [-0.15, -0.1) is 0 Å². The number of aliphatic hydroxyl groups is 1. The minimum absolute atomic E-state index is 0.0232. The number of rotatable bonds is 5. The predicted octanol–water partition coefficient (Wildman–Crippen LogP) is 0.652. The maximum Gasteiger partial charge on any atom is 0.237 e. The maximum atomic E-state index is 11.7. The lowest BCUT2D eigenvalue weighted by atomic mass is 10.0. The van der Waals surface area contributed by atoms with E-state index in [9.17, 15) is 9.90 Å². The van der Waals surface area contributed by atoms with Crippen LogP contribution in [0.25, 0.3) is 0 Å². The normalized spacial score (nSPS) is 23.1. The summed E-state index contributed by atoms with van der Waals surface area (Å²) in [6.45, 7) is 5.47. The fourth-order valence-corrected chi connectivity index (χ4v) is 1.88. The first-order valence-corrected chi connectivity index (χ1v) is 6.30. The molecular formula is C12H24N2O2. The molecule has 4 heteroatoms. The molecule has 0 aromatic heterocycles. The Morgan fingerprint density at radius 1 is 1.50 bits per heavy atom. The lowest BCUT2D eigenvalue weighted by Gasteiger charge is -2.23. The van der Waals surface area contributed by atoms with Crippen molar-refractivity contribution in [2.75, 3.05) is 13.1 Å². The third kappa shape index (κ3) is 4.49. The van der Waals surface area contributed by atoms with Crippen LogP contribution in [0.5, 0.6) is 0 Å².